The number of rotatable bonds is 5. The van der Waals surface area contributed by atoms with E-state index >= 15 is 0 Å². The number of hydrogen-bond acceptors (Lipinski definition) is 4. The van der Waals surface area contributed by atoms with E-state index in [0.29, 0.717) is 6.54 Å². The van der Waals surface area contributed by atoms with Gasteiger partial charge in [-0.2, -0.15) is 0 Å². The molecule has 0 amide bonds. The summed E-state index contributed by atoms with van der Waals surface area (Å²) in [5.41, 5.74) is 5.87. The molecule has 2 rings (SSSR count). The molecule has 0 aromatic carbocycles. The molecule has 1 saturated heterocycles. The number of ether oxygens (including phenoxy) is 1. The summed E-state index contributed by atoms with van der Waals surface area (Å²) in [5.74, 6) is 1.06. The fourth-order valence-corrected chi connectivity index (χ4v) is 2.41. The van der Waals surface area contributed by atoms with Crippen LogP contribution in [0.1, 0.15) is 18.7 Å². The summed E-state index contributed by atoms with van der Waals surface area (Å²) in [6, 6.07) is 0.286. The van der Waals surface area contributed by atoms with Gasteiger partial charge in [-0.1, -0.05) is 0 Å². The molecule has 1 aliphatic heterocycles. The third-order valence-electron chi connectivity index (χ3n) is 3.51. The first kappa shape index (κ1) is 12.5. The van der Waals surface area contributed by atoms with E-state index in [1.54, 1.807) is 0 Å². The minimum Gasteiger partial charge on any atom is -0.377 e. The third-order valence-corrected chi connectivity index (χ3v) is 3.51. The molecule has 2 N–H and O–H groups in total. The topological polar surface area (TPSA) is 56.3 Å². The number of hydrogen-bond donors (Lipinski definition) is 1. The molecule has 96 valence electrons. The lowest BCUT2D eigenvalue weighted by molar-refractivity contribution is 0.0336. The van der Waals surface area contributed by atoms with Gasteiger partial charge in [0.05, 0.1) is 12.6 Å². The van der Waals surface area contributed by atoms with E-state index in [2.05, 4.69) is 16.9 Å². The number of aromatic nitrogens is 2. The lowest BCUT2D eigenvalue weighted by atomic mass is 10.1. The van der Waals surface area contributed by atoms with Crippen LogP contribution in [0, 0.1) is 0 Å². The third kappa shape index (κ3) is 2.86. The second-order valence-corrected chi connectivity index (χ2v) is 4.72. The highest BCUT2D eigenvalue weighted by Crippen LogP contribution is 2.19. The first-order valence-corrected chi connectivity index (χ1v) is 6.20. The number of aryl methyl sites for hydroxylation is 1. The van der Waals surface area contributed by atoms with Crippen LogP contribution >= 0.6 is 0 Å². The van der Waals surface area contributed by atoms with Gasteiger partial charge in [-0.05, 0) is 19.9 Å². The zero-order chi connectivity index (χ0) is 12.3. The summed E-state index contributed by atoms with van der Waals surface area (Å²) in [5, 5.41) is 0. The minimum atomic E-state index is 0.283. The summed E-state index contributed by atoms with van der Waals surface area (Å²) in [6.45, 7) is 2.31. The monoisotopic (exact) mass is 238 g/mol. The zero-order valence-corrected chi connectivity index (χ0v) is 10.7. The molecule has 2 unspecified atom stereocenters. The Hall–Kier alpha value is -0.910. The molecule has 0 spiro atoms. The summed E-state index contributed by atoms with van der Waals surface area (Å²) in [4.78, 5) is 6.59. The highest BCUT2D eigenvalue weighted by molar-refractivity contribution is 4.93. The molecule has 0 saturated carbocycles. The van der Waals surface area contributed by atoms with Crippen molar-refractivity contribution in [2.24, 2.45) is 12.8 Å². The molecular formula is C12H22N4O. The highest BCUT2D eigenvalue weighted by atomic mass is 16.5. The van der Waals surface area contributed by atoms with Crippen LogP contribution in [-0.2, 0) is 18.3 Å². The summed E-state index contributed by atoms with van der Waals surface area (Å²) in [6.07, 6.45) is 6.34. The molecule has 0 aliphatic carbocycles. The predicted octanol–water partition coefficient (Wildman–Crippen LogP) is 0.358. The molecule has 5 nitrogen and oxygen atoms in total. The SMILES string of the molecule is CN(Cc1nccn1C)C(CN)C1CCCO1. The Morgan fingerprint density at radius 1 is 1.71 bits per heavy atom. The molecule has 0 radical (unpaired) electrons. The Kier molecular flexibility index (Phi) is 4.15. The molecule has 1 fully saturated rings. The molecule has 17 heavy (non-hydrogen) atoms. The maximum Gasteiger partial charge on any atom is 0.122 e. The van der Waals surface area contributed by atoms with Gasteiger partial charge in [0.1, 0.15) is 5.82 Å². The number of likely N-dealkylation sites (N-methyl/N-ethyl adjacent to an activating group) is 1. The van der Waals surface area contributed by atoms with Crippen molar-refractivity contribution in [3.05, 3.63) is 18.2 Å². The van der Waals surface area contributed by atoms with Crippen LogP contribution in [-0.4, -0.2) is 46.8 Å². The largest absolute Gasteiger partial charge is 0.377 e. The normalized spacial score (nSPS) is 22.2. The smallest absolute Gasteiger partial charge is 0.122 e. The van der Waals surface area contributed by atoms with Crippen LogP contribution in [0.4, 0.5) is 0 Å². The molecular weight excluding hydrogens is 216 g/mol. The van der Waals surface area contributed by atoms with Gasteiger partial charge >= 0.3 is 0 Å². The first-order chi connectivity index (χ1) is 8.22. The van der Waals surface area contributed by atoms with Crippen molar-refractivity contribution in [1.29, 1.82) is 0 Å². The van der Waals surface area contributed by atoms with Crippen LogP contribution < -0.4 is 5.73 Å². The molecule has 1 aromatic heterocycles. The van der Waals surface area contributed by atoms with Crippen molar-refractivity contribution in [3.8, 4) is 0 Å². The average Bonchev–Trinajstić information content (AvgIpc) is 2.93. The maximum absolute atomic E-state index is 5.87. The first-order valence-electron chi connectivity index (χ1n) is 6.20. The van der Waals surface area contributed by atoms with Gasteiger partial charge in [-0.15, -0.1) is 0 Å². The van der Waals surface area contributed by atoms with Crippen LogP contribution in [0.2, 0.25) is 0 Å². The second-order valence-electron chi connectivity index (χ2n) is 4.72. The molecule has 5 heteroatoms. The fraction of sp³-hybridized carbons (Fsp3) is 0.750. The Morgan fingerprint density at radius 2 is 2.53 bits per heavy atom. The Balaban J connectivity index is 1.97. The van der Waals surface area contributed by atoms with E-state index in [1.165, 1.54) is 0 Å². The standard InChI is InChI=1S/C12H22N4O/c1-15-6-5-14-12(15)9-16(2)10(8-13)11-4-3-7-17-11/h5-6,10-11H,3-4,7-9,13H2,1-2H3. The number of nitrogens with zero attached hydrogens (tertiary/aromatic N) is 3. The van der Waals surface area contributed by atoms with Crippen LogP contribution in [0.3, 0.4) is 0 Å². The van der Waals surface area contributed by atoms with Crippen molar-refractivity contribution in [3.63, 3.8) is 0 Å². The van der Waals surface area contributed by atoms with Gasteiger partial charge in [0.2, 0.25) is 0 Å². The van der Waals surface area contributed by atoms with Gasteiger partial charge in [0.25, 0.3) is 0 Å². The summed E-state index contributed by atoms with van der Waals surface area (Å²) >= 11 is 0. The quantitative estimate of drug-likeness (QED) is 0.804. The van der Waals surface area contributed by atoms with E-state index in [4.69, 9.17) is 10.5 Å². The van der Waals surface area contributed by atoms with E-state index < -0.39 is 0 Å². The van der Waals surface area contributed by atoms with E-state index in [0.717, 1.165) is 31.8 Å². The van der Waals surface area contributed by atoms with Gasteiger partial charge < -0.3 is 15.0 Å². The van der Waals surface area contributed by atoms with E-state index in [-0.39, 0.29) is 12.1 Å². The van der Waals surface area contributed by atoms with E-state index in [1.807, 2.05) is 24.0 Å². The lowest BCUT2D eigenvalue weighted by Gasteiger charge is -2.30. The van der Waals surface area contributed by atoms with Crippen LogP contribution in [0.5, 0.6) is 0 Å². The second kappa shape index (κ2) is 5.62. The molecule has 1 aromatic rings. The fourth-order valence-electron chi connectivity index (χ4n) is 2.41. The van der Waals surface area contributed by atoms with Crippen molar-refractivity contribution < 1.29 is 4.74 Å². The molecule has 0 bridgehead atoms. The van der Waals surface area contributed by atoms with Crippen molar-refractivity contribution in [1.82, 2.24) is 14.5 Å². The van der Waals surface area contributed by atoms with Crippen molar-refractivity contribution in [2.45, 2.75) is 31.5 Å². The molecule has 2 atom stereocenters. The summed E-state index contributed by atoms with van der Waals surface area (Å²) < 4.78 is 7.77. The number of nitrogens with two attached hydrogens (primary N) is 1. The Morgan fingerprint density at radius 3 is 3.06 bits per heavy atom. The van der Waals surface area contributed by atoms with Gasteiger partial charge in [-0.25, -0.2) is 4.98 Å². The van der Waals surface area contributed by atoms with Crippen LogP contribution in [0.15, 0.2) is 12.4 Å². The lowest BCUT2D eigenvalue weighted by Crippen LogP contribution is -2.46. The average molecular weight is 238 g/mol. The highest BCUT2D eigenvalue weighted by Gasteiger charge is 2.28. The maximum atomic E-state index is 5.87. The van der Waals surface area contributed by atoms with Crippen LogP contribution in [0.25, 0.3) is 0 Å². The van der Waals surface area contributed by atoms with Gasteiger partial charge in [-0.3, -0.25) is 4.90 Å². The van der Waals surface area contributed by atoms with Crippen molar-refractivity contribution in [2.75, 3.05) is 20.2 Å². The zero-order valence-electron chi connectivity index (χ0n) is 10.7. The van der Waals surface area contributed by atoms with Gasteiger partial charge in [0.15, 0.2) is 0 Å². The predicted molar refractivity (Wildman–Crippen MR) is 66.5 cm³/mol. The summed E-state index contributed by atoms with van der Waals surface area (Å²) in [7, 11) is 4.10. The van der Waals surface area contributed by atoms with Gasteiger partial charge in [0, 0.05) is 38.6 Å². The molecule has 1 aliphatic rings. The Bertz CT molecular complexity index is 346. The minimum absolute atomic E-state index is 0.283. The number of imidazole rings is 1. The van der Waals surface area contributed by atoms with E-state index in [9.17, 15) is 0 Å². The van der Waals surface area contributed by atoms with Crippen molar-refractivity contribution >= 4 is 0 Å². The molecule has 2 heterocycles. The Labute approximate surface area is 103 Å².